The molecule has 0 aliphatic carbocycles. The van der Waals surface area contributed by atoms with E-state index in [4.69, 9.17) is 4.74 Å². The number of halogens is 1. The maximum Gasteiger partial charge on any atom is 0.337 e. The van der Waals surface area contributed by atoms with Crippen molar-refractivity contribution in [2.45, 2.75) is 38.0 Å². The molecule has 1 N–H and O–H groups in total. The lowest BCUT2D eigenvalue weighted by Crippen LogP contribution is -2.36. The average Bonchev–Trinajstić information content (AvgIpc) is 2.52. The third-order valence-corrected chi connectivity index (χ3v) is 6.28. The third-order valence-electron chi connectivity index (χ3n) is 3.96. The monoisotopic (exact) mass is 373 g/mol. The van der Waals surface area contributed by atoms with Crippen LogP contribution in [0.2, 0.25) is 0 Å². The first-order valence-electron chi connectivity index (χ1n) is 7.14. The largest absolute Gasteiger partial charge is 0.465 e. The maximum absolute atomic E-state index is 11.5. The highest BCUT2D eigenvalue weighted by Gasteiger charge is 2.24. The first kappa shape index (κ1) is 18.5. The maximum atomic E-state index is 11.5. The second-order valence-electron chi connectivity index (χ2n) is 5.00. The minimum Gasteiger partial charge on any atom is -0.465 e. The Morgan fingerprint density at radius 3 is 2.52 bits per heavy atom. The molecule has 0 saturated carbocycles. The van der Waals surface area contributed by atoms with Crippen molar-refractivity contribution in [1.82, 2.24) is 5.32 Å². The number of thioether (sulfide) groups is 1. The number of hydrogen-bond donors (Lipinski definition) is 1. The van der Waals surface area contributed by atoms with E-state index < -0.39 is 0 Å². The van der Waals surface area contributed by atoms with Crippen molar-refractivity contribution in [3.63, 3.8) is 0 Å². The summed E-state index contributed by atoms with van der Waals surface area (Å²) >= 11 is 5.45. The first-order chi connectivity index (χ1) is 10.0. The molecule has 1 aromatic carbocycles. The molecular formula is C16H24BrNO2S. The summed E-state index contributed by atoms with van der Waals surface area (Å²) in [7, 11) is 1.39. The van der Waals surface area contributed by atoms with Crippen LogP contribution in [-0.2, 0) is 11.3 Å². The molecule has 0 amide bonds. The van der Waals surface area contributed by atoms with Gasteiger partial charge < -0.3 is 10.1 Å². The summed E-state index contributed by atoms with van der Waals surface area (Å²) in [6.45, 7) is 6.24. The molecule has 0 fully saturated rings. The van der Waals surface area contributed by atoms with Crippen molar-refractivity contribution >= 4 is 33.7 Å². The smallest absolute Gasteiger partial charge is 0.337 e. The summed E-state index contributed by atoms with van der Waals surface area (Å²) in [6, 6.07) is 5.57. The highest BCUT2D eigenvalue weighted by atomic mass is 79.9. The van der Waals surface area contributed by atoms with Crippen molar-refractivity contribution < 1.29 is 9.53 Å². The topological polar surface area (TPSA) is 38.3 Å². The van der Waals surface area contributed by atoms with Crippen molar-refractivity contribution in [2.75, 3.05) is 19.9 Å². The van der Waals surface area contributed by atoms with Gasteiger partial charge in [0, 0.05) is 22.3 Å². The fourth-order valence-electron chi connectivity index (χ4n) is 2.22. The zero-order valence-corrected chi connectivity index (χ0v) is 15.6. The van der Waals surface area contributed by atoms with Crippen LogP contribution in [0.4, 0.5) is 0 Å². The van der Waals surface area contributed by atoms with E-state index in [1.165, 1.54) is 7.11 Å². The van der Waals surface area contributed by atoms with Gasteiger partial charge in [-0.15, -0.1) is 0 Å². The van der Waals surface area contributed by atoms with Gasteiger partial charge in [0.1, 0.15) is 0 Å². The van der Waals surface area contributed by atoms with Crippen LogP contribution in [0.5, 0.6) is 0 Å². The molecule has 0 aliphatic heterocycles. The van der Waals surface area contributed by atoms with Gasteiger partial charge in [0.15, 0.2) is 0 Å². The SMILES string of the molecule is CCC(CC)(CNCc1ccc(C(=O)OC)cc1Br)SC. The molecule has 0 aliphatic rings. The van der Waals surface area contributed by atoms with E-state index in [-0.39, 0.29) is 5.97 Å². The average molecular weight is 374 g/mol. The molecule has 0 aromatic heterocycles. The number of nitrogens with one attached hydrogen (secondary N) is 1. The minimum absolute atomic E-state index is 0.304. The van der Waals surface area contributed by atoms with E-state index in [9.17, 15) is 4.79 Å². The van der Waals surface area contributed by atoms with Crippen LogP contribution in [0.3, 0.4) is 0 Å². The van der Waals surface area contributed by atoms with E-state index in [0.717, 1.165) is 36.0 Å². The van der Waals surface area contributed by atoms with Crippen molar-refractivity contribution in [2.24, 2.45) is 0 Å². The van der Waals surface area contributed by atoms with Crippen LogP contribution in [0, 0.1) is 0 Å². The number of rotatable bonds is 8. The van der Waals surface area contributed by atoms with Gasteiger partial charge in [-0.25, -0.2) is 4.79 Å². The second-order valence-corrected chi connectivity index (χ2v) is 7.12. The molecular weight excluding hydrogens is 350 g/mol. The number of hydrogen-bond acceptors (Lipinski definition) is 4. The van der Waals surface area contributed by atoms with E-state index in [2.05, 4.69) is 41.3 Å². The molecule has 1 aromatic rings. The van der Waals surface area contributed by atoms with Gasteiger partial charge in [0.05, 0.1) is 12.7 Å². The van der Waals surface area contributed by atoms with Gasteiger partial charge in [0.2, 0.25) is 0 Å². The molecule has 21 heavy (non-hydrogen) atoms. The number of carbonyl (C=O) groups is 1. The molecule has 3 nitrogen and oxygen atoms in total. The molecule has 0 atom stereocenters. The Kier molecular flexibility index (Phi) is 7.77. The number of methoxy groups -OCH3 is 1. The summed E-state index contributed by atoms with van der Waals surface area (Å²) in [4.78, 5) is 11.5. The fraction of sp³-hybridized carbons (Fsp3) is 0.562. The van der Waals surface area contributed by atoms with Crippen LogP contribution >= 0.6 is 27.7 Å². The fourth-order valence-corrected chi connectivity index (χ4v) is 3.56. The molecule has 118 valence electrons. The molecule has 1 rings (SSSR count). The van der Waals surface area contributed by atoms with Crippen molar-refractivity contribution in [3.05, 3.63) is 33.8 Å². The van der Waals surface area contributed by atoms with Gasteiger partial charge in [0.25, 0.3) is 0 Å². The number of esters is 1. The van der Waals surface area contributed by atoms with Gasteiger partial charge >= 0.3 is 5.97 Å². The van der Waals surface area contributed by atoms with Crippen LogP contribution in [-0.4, -0.2) is 30.6 Å². The van der Waals surface area contributed by atoms with E-state index in [1.807, 2.05) is 23.9 Å². The van der Waals surface area contributed by atoms with Gasteiger partial charge in [-0.2, -0.15) is 11.8 Å². The second kappa shape index (κ2) is 8.81. The zero-order valence-electron chi connectivity index (χ0n) is 13.2. The van der Waals surface area contributed by atoms with E-state index in [1.54, 1.807) is 6.07 Å². The minimum atomic E-state index is -0.312. The zero-order chi connectivity index (χ0) is 15.9. The summed E-state index contributed by atoms with van der Waals surface area (Å²) in [6.07, 6.45) is 4.48. The summed E-state index contributed by atoms with van der Waals surface area (Å²) < 4.78 is 5.96. The van der Waals surface area contributed by atoms with Gasteiger partial charge in [-0.1, -0.05) is 35.8 Å². The molecule has 0 bridgehead atoms. The van der Waals surface area contributed by atoms with Crippen LogP contribution in [0.1, 0.15) is 42.6 Å². The molecule has 0 heterocycles. The van der Waals surface area contributed by atoms with E-state index in [0.29, 0.717) is 10.3 Å². The highest BCUT2D eigenvalue weighted by molar-refractivity contribution is 9.10. The van der Waals surface area contributed by atoms with Crippen molar-refractivity contribution in [3.8, 4) is 0 Å². The Morgan fingerprint density at radius 2 is 2.05 bits per heavy atom. The Morgan fingerprint density at radius 1 is 1.38 bits per heavy atom. The first-order valence-corrected chi connectivity index (χ1v) is 9.16. The lowest BCUT2D eigenvalue weighted by molar-refractivity contribution is 0.0600. The van der Waals surface area contributed by atoms with Crippen LogP contribution in [0.25, 0.3) is 0 Å². The lowest BCUT2D eigenvalue weighted by atomic mass is 10.0. The number of ether oxygens (including phenoxy) is 1. The Hall–Kier alpha value is -0.520. The normalized spacial score (nSPS) is 11.5. The quantitative estimate of drug-likeness (QED) is 0.691. The van der Waals surface area contributed by atoms with E-state index >= 15 is 0 Å². The molecule has 0 radical (unpaired) electrons. The molecule has 0 saturated heterocycles. The standard InChI is InChI=1S/C16H24BrNO2S/c1-5-16(6-2,21-4)11-18-10-13-8-7-12(9-14(13)17)15(19)20-3/h7-9,18H,5-6,10-11H2,1-4H3. The van der Waals surface area contributed by atoms with Gasteiger partial charge in [-0.3, -0.25) is 0 Å². The predicted molar refractivity (Wildman–Crippen MR) is 94.0 cm³/mol. The summed E-state index contributed by atoms with van der Waals surface area (Å²) in [5.41, 5.74) is 1.71. The molecule has 0 unspecified atom stereocenters. The van der Waals surface area contributed by atoms with Crippen LogP contribution < -0.4 is 5.32 Å². The Balaban J connectivity index is 2.66. The molecule has 5 heteroatoms. The highest BCUT2D eigenvalue weighted by Crippen LogP contribution is 2.29. The number of benzene rings is 1. The Bertz CT molecular complexity index is 467. The predicted octanol–water partition coefficient (Wildman–Crippen LogP) is 4.25. The Labute approximate surface area is 140 Å². The van der Waals surface area contributed by atoms with Crippen LogP contribution in [0.15, 0.2) is 22.7 Å². The molecule has 0 spiro atoms. The lowest BCUT2D eigenvalue weighted by Gasteiger charge is -2.30. The van der Waals surface area contributed by atoms with Crippen molar-refractivity contribution in [1.29, 1.82) is 0 Å². The summed E-state index contributed by atoms with van der Waals surface area (Å²) in [5.74, 6) is -0.312. The number of carbonyl (C=O) groups excluding carboxylic acids is 1. The third kappa shape index (κ3) is 5.01. The van der Waals surface area contributed by atoms with Gasteiger partial charge in [-0.05, 0) is 36.8 Å². The summed E-state index contributed by atoms with van der Waals surface area (Å²) in [5, 5.41) is 3.53.